The van der Waals surface area contributed by atoms with Gasteiger partial charge in [-0.15, -0.1) is 0 Å². The van der Waals surface area contributed by atoms with E-state index in [1.165, 1.54) is 64.2 Å². The van der Waals surface area contributed by atoms with Crippen LogP contribution in [-0.4, -0.2) is 29.8 Å². The van der Waals surface area contributed by atoms with Crippen molar-refractivity contribution in [1.29, 1.82) is 0 Å². The molecule has 0 atom stereocenters. The van der Waals surface area contributed by atoms with E-state index in [4.69, 9.17) is 0 Å². The average Bonchev–Trinajstić information content (AvgIpc) is 2.46. The second-order valence-electron chi connectivity index (χ2n) is 5.09. The molecule has 0 saturated carbocycles. The summed E-state index contributed by atoms with van der Waals surface area (Å²) in [5, 5.41) is 9.26. The number of hydrazine groups is 1. The van der Waals surface area contributed by atoms with E-state index in [-0.39, 0.29) is 6.73 Å². The smallest absolute Gasteiger partial charge is 0.0956 e. The maximum Gasteiger partial charge on any atom is 0.0956 e. The maximum absolute atomic E-state index is 9.26. The first-order chi connectivity index (χ1) is 9.35. The van der Waals surface area contributed by atoms with Gasteiger partial charge in [0, 0.05) is 13.1 Å². The van der Waals surface area contributed by atoms with Gasteiger partial charge in [-0.05, 0) is 12.8 Å². The summed E-state index contributed by atoms with van der Waals surface area (Å²) < 4.78 is 0. The highest BCUT2D eigenvalue weighted by molar-refractivity contribution is 4.55. The van der Waals surface area contributed by atoms with E-state index in [9.17, 15) is 5.11 Å². The number of unbranched alkanes of at least 4 members (excludes halogenated alkanes) is 8. The number of aliphatic hydroxyl groups excluding tert-OH is 1. The molecule has 0 heterocycles. The van der Waals surface area contributed by atoms with Gasteiger partial charge in [0.25, 0.3) is 0 Å². The van der Waals surface area contributed by atoms with Gasteiger partial charge in [0.15, 0.2) is 0 Å². The normalized spacial score (nSPS) is 10.4. The zero-order valence-electron chi connectivity index (χ0n) is 13.2. The van der Waals surface area contributed by atoms with Gasteiger partial charge < -0.3 is 5.11 Å². The first kappa shape index (κ1) is 21.1. The van der Waals surface area contributed by atoms with Crippen molar-refractivity contribution in [3.8, 4) is 0 Å². The topological polar surface area (TPSA) is 75.5 Å². The van der Waals surface area contributed by atoms with Gasteiger partial charge in [0.1, 0.15) is 0 Å². The molecule has 0 saturated heterocycles. The van der Waals surface area contributed by atoms with Crippen molar-refractivity contribution >= 4 is 0 Å². The van der Waals surface area contributed by atoms with Crippen LogP contribution in [0.3, 0.4) is 0 Å². The Morgan fingerprint density at radius 1 is 0.684 bits per heavy atom. The monoisotopic (exact) mass is 275 g/mol. The molecule has 4 heteroatoms. The van der Waals surface area contributed by atoms with E-state index in [2.05, 4.69) is 30.4 Å². The van der Waals surface area contributed by atoms with E-state index in [1.54, 1.807) is 0 Å². The van der Waals surface area contributed by atoms with Crippen LogP contribution in [0.4, 0.5) is 0 Å². The fourth-order valence-electron chi connectivity index (χ4n) is 2.13. The van der Waals surface area contributed by atoms with Crippen LogP contribution in [0.1, 0.15) is 78.1 Å². The minimum atomic E-state index is 0.238. The Bertz CT molecular complexity index is 131. The summed E-state index contributed by atoms with van der Waals surface area (Å²) in [7, 11) is 0. The lowest BCUT2D eigenvalue weighted by molar-refractivity contribution is 0.103. The molecule has 0 rings (SSSR count). The molecule has 118 valence electrons. The van der Waals surface area contributed by atoms with Crippen LogP contribution in [-0.2, 0) is 0 Å². The first-order valence-electron chi connectivity index (χ1n) is 8.01. The van der Waals surface area contributed by atoms with Crippen molar-refractivity contribution in [2.75, 3.05) is 19.8 Å². The van der Waals surface area contributed by atoms with Gasteiger partial charge >= 0.3 is 0 Å². The van der Waals surface area contributed by atoms with E-state index in [0.29, 0.717) is 0 Å². The van der Waals surface area contributed by atoms with Crippen molar-refractivity contribution in [3.05, 3.63) is 0 Å². The highest BCUT2D eigenvalue weighted by atomic mass is 16.3. The molecule has 0 fully saturated rings. The van der Waals surface area contributed by atoms with Gasteiger partial charge in [-0.25, -0.2) is 0 Å². The quantitative estimate of drug-likeness (QED) is 0.209. The standard InChI is InChI=1S/C15H33NO.H4N2/c1-3-5-7-9-11-13-16(15-17)14-12-10-8-6-4-2;1-2/h17H,3-15H2,1-2H3;1-2H2. The molecule has 0 amide bonds. The van der Waals surface area contributed by atoms with Crippen LogP contribution < -0.4 is 11.7 Å². The third kappa shape index (κ3) is 17.8. The maximum atomic E-state index is 9.26. The second-order valence-corrected chi connectivity index (χ2v) is 5.09. The molecule has 0 aromatic rings. The molecule has 0 aliphatic carbocycles. The van der Waals surface area contributed by atoms with Gasteiger partial charge in [0.2, 0.25) is 0 Å². The van der Waals surface area contributed by atoms with Gasteiger partial charge in [-0.3, -0.25) is 16.6 Å². The second kappa shape index (κ2) is 20.2. The summed E-state index contributed by atoms with van der Waals surface area (Å²) in [6.45, 7) is 6.89. The Morgan fingerprint density at radius 3 is 1.37 bits per heavy atom. The SMILES string of the molecule is CCCCCCCN(CO)CCCCCCC.NN. The van der Waals surface area contributed by atoms with Crippen molar-refractivity contribution in [2.24, 2.45) is 11.7 Å². The predicted octanol–water partition coefficient (Wildman–Crippen LogP) is 3.00. The highest BCUT2D eigenvalue weighted by Gasteiger charge is 2.02. The van der Waals surface area contributed by atoms with Crippen molar-refractivity contribution in [3.63, 3.8) is 0 Å². The number of hydrogen-bond acceptors (Lipinski definition) is 4. The minimum Gasteiger partial charge on any atom is -0.381 e. The Hall–Kier alpha value is -0.160. The fourth-order valence-corrected chi connectivity index (χ4v) is 2.13. The first-order valence-corrected chi connectivity index (χ1v) is 8.01. The van der Waals surface area contributed by atoms with Crippen LogP contribution in [0.25, 0.3) is 0 Å². The third-order valence-electron chi connectivity index (χ3n) is 3.36. The zero-order valence-corrected chi connectivity index (χ0v) is 13.2. The number of nitrogens with two attached hydrogens (primary N) is 2. The Labute approximate surface area is 120 Å². The molecule has 0 aromatic heterocycles. The molecule has 19 heavy (non-hydrogen) atoms. The highest BCUT2D eigenvalue weighted by Crippen LogP contribution is 2.06. The number of rotatable bonds is 13. The van der Waals surface area contributed by atoms with Crippen LogP contribution >= 0.6 is 0 Å². The van der Waals surface area contributed by atoms with E-state index >= 15 is 0 Å². The summed E-state index contributed by atoms with van der Waals surface area (Å²) in [5.74, 6) is 8.00. The Kier molecular flexibility index (Phi) is 22.4. The summed E-state index contributed by atoms with van der Waals surface area (Å²) in [6.07, 6.45) is 13.2. The van der Waals surface area contributed by atoms with Crippen LogP contribution in [0.2, 0.25) is 0 Å². The van der Waals surface area contributed by atoms with Crippen LogP contribution in [0, 0.1) is 0 Å². The van der Waals surface area contributed by atoms with E-state index in [0.717, 1.165) is 13.1 Å². The molecule has 0 unspecified atom stereocenters. The van der Waals surface area contributed by atoms with E-state index < -0.39 is 0 Å². The van der Waals surface area contributed by atoms with Crippen molar-refractivity contribution in [2.45, 2.75) is 78.1 Å². The lowest BCUT2D eigenvalue weighted by Crippen LogP contribution is -2.27. The summed E-state index contributed by atoms with van der Waals surface area (Å²) in [6, 6.07) is 0. The molecule has 0 bridgehead atoms. The molecule has 0 spiro atoms. The average molecular weight is 275 g/mol. The lowest BCUT2D eigenvalue weighted by atomic mass is 10.1. The zero-order chi connectivity index (χ0) is 14.8. The Morgan fingerprint density at radius 2 is 1.05 bits per heavy atom. The van der Waals surface area contributed by atoms with Crippen LogP contribution in [0.15, 0.2) is 0 Å². The molecule has 0 aromatic carbocycles. The number of hydrogen-bond donors (Lipinski definition) is 3. The minimum absolute atomic E-state index is 0.238. The molecule has 0 radical (unpaired) electrons. The third-order valence-corrected chi connectivity index (χ3v) is 3.36. The van der Waals surface area contributed by atoms with E-state index in [1.807, 2.05) is 0 Å². The summed E-state index contributed by atoms with van der Waals surface area (Å²) >= 11 is 0. The van der Waals surface area contributed by atoms with Gasteiger partial charge in [0.05, 0.1) is 6.73 Å². The molecule has 0 aliphatic rings. The largest absolute Gasteiger partial charge is 0.381 e. The molecule has 0 aliphatic heterocycles. The lowest BCUT2D eigenvalue weighted by Gasteiger charge is -2.19. The Balaban J connectivity index is 0. The number of nitrogens with zero attached hydrogens (tertiary/aromatic N) is 1. The van der Waals surface area contributed by atoms with Gasteiger partial charge in [-0.1, -0.05) is 65.2 Å². The molecular weight excluding hydrogens is 238 g/mol. The summed E-state index contributed by atoms with van der Waals surface area (Å²) in [5.41, 5.74) is 0. The molecular formula is C15H37N3O. The fraction of sp³-hybridized carbons (Fsp3) is 1.00. The number of aliphatic hydroxyl groups is 1. The summed E-state index contributed by atoms with van der Waals surface area (Å²) in [4.78, 5) is 2.19. The molecule has 4 nitrogen and oxygen atoms in total. The van der Waals surface area contributed by atoms with Crippen molar-refractivity contribution in [1.82, 2.24) is 4.90 Å². The van der Waals surface area contributed by atoms with Crippen molar-refractivity contribution < 1.29 is 5.11 Å². The predicted molar refractivity (Wildman–Crippen MR) is 84.6 cm³/mol. The molecule has 5 N–H and O–H groups in total. The van der Waals surface area contributed by atoms with Crippen LogP contribution in [0.5, 0.6) is 0 Å². The van der Waals surface area contributed by atoms with Gasteiger partial charge in [-0.2, -0.15) is 0 Å².